The number of methoxy groups -OCH3 is 2. The Bertz CT molecular complexity index is 1300. The smallest absolute Gasteiger partial charge is 0.340 e. The van der Waals surface area contributed by atoms with Crippen molar-refractivity contribution in [3.05, 3.63) is 29.8 Å². The predicted octanol–water partition coefficient (Wildman–Crippen LogP) is 2.04. The number of hydrogen-bond acceptors (Lipinski definition) is 9. The predicted molar refractivity (Wildman–Crippen MR) is 152 cm³/mol. The number of rotatable bonds is 5. The molecule has 5 N–H and O–H groups in total. The zero-order valence-electron chi connectivity index (χ0n) is 25.1. The molecule has 11 heteroatoms. The highest BCUT2D eigenvalue weighted by molar-refractivity contribution is 6.01. The van der Waals surface area contributed by atoms with E-state index in [0.717, 1.165) is 0 Å². The quantitative estimate of drug-likeness (QED) is 0.329. The summed E-state index contributed by atoms with van der Waals surface area (Å²) in [7, 11) is 4.89. The summed E-state index contributed by atoms with van der Waals surface area (Å²) in [5.41, 5.74) is 0.00262. The van der Waals surface area contributed by atoms with E-state index in [2.05, 4.69) is 28.0 Å². The van der Waals surface area contributed by atoms with Gasteiger partial charge in [-0.15, -0.1) is 0 Å². The zero-order valence-corrected chi connectivity index (χ0v) is 25.1. The maximum Gasteiger partial charge on any atom is 0.340 e. The number of nitrogens with one attached hydrogen (secondary N) is 3. The van der Waals surface area contributed by atoms with E-state index in [1.54, 1.807) is 38.5 Å². The molecule has 0 radical (unpaired) electrons. The first-order valence-corrected chi connectivity index (χ1v) is 15.4. The van der Waals surface area contributed by atoms with Crippen molar-refractivity contribution in [3.63, 3.8) is 0 Å². The molecule has 3 aliphatic heterocycles. The second kappa shape index (κ2) is 9.36. The van der Waals surface area contributed by atoms with Crippen LogP contribution in [0.15, 0.2) is 24.3 Å². The fourth-order valence-corrected chi connectivity index (χ4v) is 10.8. The lowest BCUT2D eigenvalue weighted by molar-refractivity contribution is -0.321. The van der Waals surface area contributed by atoms with Crippen LogP contribution in [0, 0.1) is 23.7 Å². The van der Waals surface area contributed by atoms with Crippen molar-refractivity contribution in [2.75, 3.05) is 26.6 Å². The minimum Gasteiger partial charge on any atom is -0.453 e. The maximum atomic E-state index is 14.1. The van der Waals surface area contributed by atoms with Crippen molar-refractivity contribution >= 4 is 17.7 Å². The average molecular weight is 585 g/mol. The Labute approximate surface area is 246 Å². The van der Waals surface area contributed by atoms with Gasteiger partial charge in [-0.2, -0.15) is 0 Å². The van der Waals surface area contributed by atoms with Crippen LogP contribution < -0.4 is 16.1 Å². The number of piperidine rings is 1. The molecule has 4 unspecified atom stereocenters. The van der Waals surface area contributed by atoms with Gasteiger partial charge in [0.1, 0.15) is 16.8 Å². The summed E-state index contributed by atoms with van der Waals surface area (Å²) in [5, 5.41) is 32.9. The van der Waals surface area contributed by atoms with E-state index in [-0.39, 0.29) is 47.4 Å². The van der Waals surface area contributed by atoms with Gasteiger partial charge in [-0.1, -0.05) is 19.1 Å². The molecule has 7 rings (SSSR count). The lowest BCUT2D eigenvalue weighted by Crippen LogP contribution is -2.85. The van der Waals surface area contributed by atoms with Crippen LogP contribution in [0.3, 0.4) is 0 Å². The summed E-state index contributed by atoms with van der Waals surface area (Å²) < 4.78 is 18.8. The number of hydrazine groups is 1. The molecule has 3 aliphatic carbocycles. The minimum absolute atomic E-state index is 0.113. The van der Waals surface area contributed by atoms with E-state index in [1.165, 1.54) is 7.05 Å². The number of aliphatic hydroxyl groups is 2. The molecule has 7 bridgehead atoms. The van der Waals surface area contributed by atoms with Gasteiger partial charge in [0.25, 0.3) is 0 Å². The molecule has 42 heavy (non-hydrogen) atoms. The number of urea groups is 1. The largest absolute Gasteiger partial charge is 0.453 e. The van der Waals surface area contributed by atoms with Gasteiger partial charge < -0.3 is 35.1 Å². The molecule has 11 nitrogen and oxygen atoms in total. The number of carbonyl (C=O) groups excluding carboxylic acids is 2. The number of hydrogen-bond donors (Lipinski definition) is 5. The second-order valence-corrected chi connectivity index (χ2v) is 13.8. The average Bonchev–Trinajstić information content (AvgIpc) is 3.34. The Morgan fingerprint density at radius 3 is 2.55 bits per heavy atom. The van der Waals surface area contributed by atoms with Gasteiger partial charge in [0.15, 0.2) is 0 Å². The van der Waals surface area contributed by atoms with Crippen LogP contribution in [0.1, 0.15) is 62.7 Å². The summed E-state index contributed by atoms with van der Waals surface area (Å²) in [6.07, 6.45) is 3.10. The van der Waals surface area contributed by atoms with Crippen LogP contribution in [0.5, 0.6) is 0 Å². The van der Waals surface area contributed by atoms with Crippen LogP contribution in [0.4, 0.5) is 10.5 Å². The molecule has 3 saturated carbocycles. The molecule has 1 aromatic rings. The first-order valence-electron chi connectivity index (χ1n) is 15.4. The molecule has 1 aromatic carbocycles. The van der Waals surface area contributed by atoms with E-state index >= 15 is 0 Å². The number of nitrogens with zero attached hydrogens (tertiary/aromatic N) is 1. The molecule has 0 aromatic heterocycles. The van der Waals surface area contributed by atoms with E-state index in [9.17, 15) is 19.8 Å². The Morgan fingerprint density at radius 2 is 1.83 bits per heavy atom. The van der Waals surface area contributed by atoms with Crippen LogP contribution >= 0.6 is 0 Å². The Morgan fingerprint density at radius 1 is 1.07 bits per heavy atom. The number of esters is 1. The van der Waals surface area contributed by atoms with Gasteiger partial charge in [0.05, 0.1) is 41.1 Å². The molecular formula is C31H44N4O7. The molecule has 6 aliphatic rings. The summed E-state index contributed by atoms with van der Waals surface area (Å²) in [5.74, 6) is -0.682. The zero-order chi connectivity index (χ0) is 29.8. The lowest BCUT2D eigenvalue weighted by atomic mass is 9.55. The first kappa shape index (κ1) is 28.5. The van der Waals surface area contributed by atoms with Crippen molar-refractivity contribution in [1.82, 2.24) is 15.8 Å². The fraction of sp³-hybridized carbons (Fsp3) is 0.742. The van der Waals surface area contributed by atoms with Crippen molar-refractivity contribution in [2.45, 2.75) is 99.0 Å². The number of amides is 2. The van der Waals surface area contributed by atoms with Gasteiger partial charge in [-0.3, -0.25) is 0 Å². The van der Waals surface area contributed by atoms with Crippen LogP contribution in [-0.4, -0.2) is 95.1 Å². The number of carbonyl (C=O) groups is 2. The number of para-hydroxylation sites is 1. The highest BCUT2D eigenvalue weighted by atomic mass is 16.6. The van der Waals surface area contributed by atoms with Gasteiger partial charge in [-0.05, 0) is 69.4 Å². The third-order valence-corrected chi connectivity index (χ3v) is 12.5. The van der Waals surface area contributed by atoms with Crippen LogP contribution in [-0.2, 0) is 14.2 Å². The normalized spacial score (nSPS) is 49.6. The Kier molecular flexibility index (Phi) is 6.35. The van der Waals surface area contributed by atoms with Gasteiger partial charge in [0, 0.05) is 33.1 Å². The van der Waals surface area contributed by atoms with E-state index in [4.69, 9.17) is 14.2 Å². The van der Waals surface area contributed by atoms with Gasteiger partial charge in [0.2, 0.25) is 0 Å². The van der Waals surface area contributed by atoms with Crippen molar-refractivity contribution in [2.24, 2.45) is 23.7 Å². The minimum atomic E-state index is -1.43. The third-order valence-electron chi connectivity index (χ3n) is 12.5. The number of benzene rings is 1. The summed E-state index contributed by atoms with van der Waals surface area (Å²) in [6, 6.07) is 5.79. The molecule has 3 heterocycles. The molecule has 6 fully saturated rings. The lowest BCUT2D eigenvalue weighted by Gasteiger charge is -2.67. The van der Waals surface area contributed by atoms with Crippen LogP contribution in [0.25, 0.3) is 0 Å². The molecule has 3 saturated heterocycles. The van der Waals surface area contributed by atoms with E-state index < -0.39 is 40.4 Å². The number of ether oxygens (including phenoxy) is 3. The Balaban J connectivity index is 1.36. The number of fused-ring (bicyclic) bond motifs is 2. The second-order valence-electron chi connectivity index (χ2n) is 13.8. The molecular weight excluding hydrogens is 540 g/mol. The van der Waals surface area contributed by atoms with Crippen LogP contribution in [0.2, 0.25) is 0 Å². The molecule has 1 spiro atoms. The fourth-order valence-electron chi connectivity index (χ4n) is 10.8. The first-order chi connectivity index (χ1) is 20.0. The molecule has 2 amide bonds. The van der Waals surface area contributed by atoms with Crippen molar-refractivity contribution in [1.29, 1.82) is 0 Å². The SMILES string of the molecule is CNC(=O)Nc1ccccc1C(=O)O[C@@]12CC[C@H](OC)CC34C1C[C@@H](N3N[C@H]2C)[C@@]1(O)C[C@H](C)[C@H]2CC4[C@]1(O)[C@H]2OC. The van der Waals surface area contributed by atoms with Gasteiger partial charge >= 0.3 is 12.0 Å². The summed E-state index contributed by atoms with van der Waals surface area (Å²) in [6.45, 7) is 4.21. The molecule has 230 valence electrons. The monoisotopic (exact) mass is 584 g/mol. The van der Waals surface area contributed by atoms with Crippen molar-refractivity contribution in [3.8, 4) is 0 Å². The van der Waals surface area contributed by atoms with E-state index in [1.807, 2.05) is 6.92 Å². The highest BCUT2D eigenvalue weighted by Crippen LogP contribution is 2.73. The number of anilines is 1. The summed E-state index contributed by atoms with van der Waals surface area (Å²) in [4.78, 5) is 26.3. The van der Waals surface area contributed by atoms with Crippen molar-refractivity contribution < 1.29 is 34.0 Å². The topological polar surface area (TPSA) is 142 Å². The summed E-state index contributed by atoms with van der Waals surface area (Å²) >= 11 is 0. The highest BCUT2D eigenvalue weighted by Gasteiger charge is 2.86. The standard InChI is InChI=1S/C31H44N4O7/c1-16-14-30(38)24-13-22-28(23-12-20(16)25(41-5)31(23,30)39)15-18(40-4)10-11-29(22,17(2)34-35(24)28)42-26(36)19-8-6-7-9-21(19)33-27(37)32-3/h6-9,16-18,20,22-25,34,38-39H,10-15H2,1-5H3,(H2,32,33,37)/t16-,17-,18-,20+,22?,23?,24+,25-,28?,29+,30-,31-/m0/s1. The maximum absolute atomic E-state index is 14.1. The van der Waals surface area contributed by atoms with Gasteiger partial charge in [-0.25, -0.2) is 20.0 Å². The third kappa shape index (κ3) is 3.27. The van der Waals surface area contributed by atoms with E-state index in [0.29, 0.717) is 44.2 Å². The molecule has 13 atom stereocenters. The Hall–Kier alpha value is -2.28.